The molecule has 0 aromatic heterocycles. The minimum atomic E-state index is -4.85. The summed E-state index contributed by atoms with van der Waals surface area (Å²) in [6, 6.07) is 4.93. The minimum absolute atomic E-state index is 0.0515. The van der Waals surface area contributed by atoms with Crippen LogP contribution in [0.1, 0.15) is 38.2 Å². The van der Waals surface area contributed by atoms with E-state index < -0.39 is 24.0 Å². The molecule has 174 valence electrons. The second-order valence-electron chi connectivity index (χ2n) is 8.34. The van der Waals surface area contributed by atoms with Crippen LogP contribution < -0.4 is 10.5 Å². The van der Waals surface area contributed by atoms with Gasteiger partial charge >= 0.3 is 12.3 Å². The largest absolute Gasteiger partial charge is 0.573 e. The molecule has 0 spiro atoms. The molecular weight excluding hydrogens is 431 g/mol. The molecular formula is C22H24F3NO6. The van der Waals surface area contributed by atoms with Gasteiger partial charge in [-0.1, -0.05) is 26.0 Å². The third-order valence-electron chi connectivity index (χ3n) is 5.14. The third-order valence-corrected chi connectivity index (χ3v) is 5.14. The normalized spacial score (nSPS) is 20.6. The van der Waals surface area contributed by atoms with Crippen molar-refractivity contribution in [3.05, 3.63) is 52.6 Å². The van der Waals surface area contributed by atoms with E-state index in [9.17, 15) is 22.8 Å². The summed E-state index contributed by atoms with van der Waals surface area (Å²) in [6.45, 7) is 3.91. The number of Topliss-reactive ketones (excluding diaryl/α,β-unsaturated/α-hetero) is 1. The maximum Gasteiger partial charge on any atom is 0.573 e. The van der Waals surface area contributed by atoms with Crippen LogP contribution in [0.3, 0.4) is 0 Å². The van der Waals surface area contributed by atoms with Gasteiger partial charge in [-0.25, -0.2) is 4.79 Å². The van der Waals surface area contributed by atoms with Crippen molar-refractivity contribution in [2.75, 3.05) is 20.3 Å². The monoisotopic (exact) mass is 455 g/mol. The average molecular weight is 455 g/mol. The standard InChI is InChI=1S/C22H24F3NO6/c1-21(2)10-14(27)17-15(11-21)31-19(26)18(20(28)30-9-8-29-3)16(17)12-4-6-13(7-5-12)32-22(23,24)25/h4-7,16H,8-11,26H2,1-3H3/t16-/m1/s1. The van der Waals surface area contributed by atoms with Gasteiger partial charge in [-0.3, -0.25) is 4.79 Å². The summed E-state index contributed by atoms with van der Waals surface area (Å²) >= 11 is 0. The number of carbonyl (C=O) groups excluding carboxylic acids is 2. The third kappa shape index (κ3) is 5.24. The van der Waals surface area contributed by atoms with E-state index in [0.717, 1.165) is 12.1 Å². The molecule has 0 amide bonds. The average Bonchev–Trinajstić information content (AvgIpc) is 2.65. The van der Waals surface area contributed by atoms with Crippen LogP contribution in [0.5, 0.6) is 5.75 Å². The lowest BCUT2D eigenvalue weighted by Crippen LogP contribution is -2.35. The summed E-state index contributed by atoms with van der Waals surface area (Å²) < 4.78 is 57.2. The van der Waals surface area contributed by atoms with Gasteiger partial charge in [0.1, 0.15) is 23.7 Å². The molecule has 1 aromatic rings. The van der Waals surface area contributed by atoms with Crippen molar-refractivity contribution in [3.8, 4) is 5.75 Å². The number of ketones is 1. The van der Waals surface area contributed by atoms with Gasteiger partial charge in [0.2, 0.25) is 5.88 Å². The predicted molar refractivity (Wildman–Crippen MR) is 106 cm³/mol. The lowest BCUT2D eigenvalue weighted by Gasteiger charge is -2.38. The molecule has 0 saturated heterocycles. The Bertz CT molecular complexity index is 963. The van der Waals surface area contributed by atoms with E-state index >= 15 is 0 Å². The number of ether oxygens (including phenoxy) is 4. The van der Waals surface area contributed by atoms with Gasteiger partial charge < -0.3 is 24.7 Å². The molecule has 2 N–H and O–H groups in total. The fourth-order valence-electron chi connectivity index (χ4n) is 3.87. The van der Waals surface area contributed by atoms with Gasteiger partial charge in [-0.05, 0) is 23.1 Å². The van der Waals surface area contributed by atoms with Gasteiger partial charge in [0, 0.05) is 25.5 Å². The Morgan fingerprint density at radius 3 is 2.44 bits per heavy atom. The van der Waals surface area contributed by atoms with Crippen LogP contribution in [0.4, 0.5) is 13.2 Å². The Balaban J connectivity index is 2.04. The van der Waals surface area contributed by atoms with Gasteiger partial charge in [-0.2, -0.15) is 0 Å². The molecule has 32 heavy (non-hydrogen) atoms. The number of hydrogen-bond acceptors (Lipinski definition) is 7. The summed E-state index contributed by atoms with van der Waals surface area (Å²) in [7, 11) is 1.44. The summed E-state index contributed by atoms with van der Waals surface area (Å²) in [5.41, 5.74) is 6.24. The van der Waals surface area contributed by atoms with Crippen molar-refractivity contribution in [3.63, 3.8) is 0 Å². The highest BCUT2D eigenvalue weighted by Crippen LogP contribution is 2.48. The zero-order valence-electron chi connectivity index (χ0n) is 17.9. The topological polar surface area (TPSA) is 97.1 Å². The molecule has 1 aliphatic heterocycles. The molecule has 10 heteroatoms. The quantitative estimate of drug-likeness (QED) is 0.516. The van der Waals surface area contributed by atoms with Gasteiger partial charge in [0.15, 0.2) is 5.78 Å². The van der Waals surface area contributed by atoms with Crippen molar-refractivity contribution in [2.24, 2.45) is 11.1 Å². The smallest absolute Gasteiger partial charge is 0.460 e. The number of hydrogen-bond donors (Lipinski definition) is 1. The molecule has 1 aliphatic carbocycles. The summed E-state index contributed by atoms with van der Waals surface area (Å²) in [5, 5.41) is 0. The summed E-state index contributed by atoms with van der Waals surface area (Å²) in [6.07, 6.45) is -4.22. The van der Waals surface area contributed by atoms with Crippen molar-refractivity contribution in [2.45, 2.75) is 39.0 Å². The second kappa shape index (κ2) is 8.85. The van der Waals surface area contributed by atoms with E-state index in [1.54, 1.807) is 0 Å². The van der Waals surface area contributed by atoms with E-state index in [2.05, 4.69) is 4.74 Å². The SMILES string of the molecule is COCCOC(=O)C1=C(N)OC2=C(C(=O)CC(C)(C)C2)[C@H]1c1ccc(OC(F)(F)F)cc1. The predicted octanol–water partition coefficient (Wildman–Crippen LogP) is 3.70. The van der Waals surface area contributed by atoms with Gasteiger partial charge in [0.25, 0.3) is 0 Å². The van der Waals surface area contributed by atoms with Gasteiger partial charge in [0.05, 0.1) is 12.5 Å². The highest BCUT2D eigenvalue weighted by atomic mass is 19.4. The number of allylic oxidation sites excluding steroid dienone is 2. The van der Waals surface area contributed by atoms with Crippen LogP contribution in [-0.2, 0) is 23.8 Å². The van der Waals surface area contributed by atoms with E-state index in [-0.39, 0.29) is 47.9 Å². The van der Waals surface area contributed by atoms with Crippen molar-refractivity contribution in [1.82, 2.24) is 0 Å². The molecule has 7 nitrogen and oxygen atoms in total. The Labute approximate surface area is 182 Å². The first-order valence-electron chi connectivity index (χ1n) is 9.87. The molecule has 0 bridgehead atoms. The molecule has 3 rings (SSSR count). The molecule has 0 unspecified atom stereocenters. The van der Waals surface area contributed by atoms with Crippen LogP contribution in [0.25, 0.3) is 0 Å². The number of nitrogens with two attached hydrogens (primary N) is 1. The molecule has 1 atom stereocenters. The summed E-state index contributed by atoms with van der Waals surface area (Å²) in [4.78, 5) is 25.9. The number of rotatable bonds is 6. The van der Waals surface area contributed by atoms with Crippen LogP contribution in [0.15, 0.2) is 47.1 Å². The van der Waals surface area contributed by atoms with Crippen molar-refractivity contribution in [1.29, 1.82) is 0 Å². The van der Waals surface area contributed by atoms with Crippen LogP contribution in [0.2, 0.25) is 0 Å². The van der Waals surface area contributed by atoms with Crippen molar-refractivity contribution < 1.29 is 41.7 Å². The van der Waals surface area contributed by atoms with E-state index in [4.69, 9.17) is 19.9 Å². The lowest BCUT2D eigenvalue weighted by molar-refractivity contribution is -0.274. The number of esters is 1. The molecule has 2 aliphatic rings. The molecule has 0 fully saturated rings. The first-order chi connectivity index (χ1) is 14.9. The first kappa shape index (κ1) is 23.6. The number of halogens is 3. The first-order valence-corrected chi connectivity index (χ1v) is 9.87. The maximum atomic E-state index is 13.1. The molecule has 1 heterocycles. The maximum absolute atomic E-state index is 13.1. The van der Waals surface area contributed by atoms with Crippen molar-refractivity contribution >= 4 is 11.8 Å². The Kier molecular flexibility index (Phi) is 6.54. The van der Waals surface area contributed by atoms with E-state index in [1.807, 2.05) is 13.8 Å². The minimum Gasteiger partial charge on any atom is -0.460 e. The molecule has 0 radical (unpaired) electrons. The fourth-order valence-corrected chi connectivity index (χ4v) is 3.87. The Morgan fingerprint density at radius 2 is 1.84 bits per heavy atom. The van der Waals surface area contributed by atoms with E-state index in [1.165, 1.54) is 19.2 Å². The Hall–Kier alpha value is -3.01. The van der Waals surface area contributed by atoms with Crippen LogP contribution in [0, 0.1) is 5.41 Å². The lowest BCUT2D eigenvalue weighted by atomic mass is 9.70. The fraction of sp³-hybridized carbons (Fsp3) is 0.455. The number of alkyl halides is 3. The second-order valence-corrected chi connectivity index (χ2v) is 8.34. The zero-order chi connectivity index (χ0) is 23.7. The number of carbonyl (C=O) groups is 2. The van der Waals surface area contributed by atoms with Crippen LogP contribution in [-0.4, -0.2) is 38.4 Å². The molecule has 1 aromatic carbocycles. The highest BCUT2D eigenvalue weighted by Gasteiger charge is 2.45. The van der Waals surface area contributed by atoms with E-state index in [0.29, 0.717) is 17.7 Å². The number of benzene rings is 1. The van der Waals surface area contributed by atoms with Crippen LogP contribution >= 0.6 is 0 Å². The van der Waals surface area contributed by atoms with Gasteiger partial charge in [-0.15, -0.1) is 13.2 Å². The highest BCUT2D eigenvalue weighted by molar-refractivity contribution is 6.03. The Morgan fingerprint density at radius 1 is 1.19 bits per heavy atom. The molecule has 0 saturated carbocycles. The zero-order valence-corrected chi connectivity index (χ0v) is 17.9. The summed E-state index contributed by atoms with van der Waals surface area (Å²) in [5.74, 6) is -2.27. The number of methoxy groups -OCH3 is 1.